The number of carbonyl (C=O) groups is 1. The van der Waals surface area contributed by atoms with Crippen molar-refractivity contribution in [2.75, 3.05) is 0 Å². The lowest BCUT2D eigenvalue weighted by Crippen LogP contribution is -2.50. The van der Waals surface area contributed by atoms with E-state index in [1.807, 2.05) is 0 Å². The summed E-state index contributed by atoms with van der Waals surface area (Å²) in [7, 11) is 0. The molecule has 4 atom stereocenters. The minimum absolute atomic E-state index is 0.0160. The van der Waals surface area contributed by atoms with Gasteiger partial charge in [0.25, 0.3) is 0 Å². The lowest BCUT2D eigenvalue weighted by Gasteiger charge is -2.45. The number of esters is 1. The van der Waals surface area contributed by atoms with Crippen LogP contribution in [-0.4, -0.2) is 11.6 Å². The summed E-state index contributed by atoms with van der Waals surface area (Å²) in [5.41, 5.74) is -0.176. The van der Waals surface area contributed by atoms with Crippen LogP contribution in [0.15, 0.2) is 0 Å². The lowest BCUT2D eigenvalue weighted by molar-refractivity contribution is -0.186. The van der Waals surface area contributed by atoms with Crippen molar-refractivity contribution in [2.45, 2.75) is 93.6 Å². The highest BCUT2D eigenvalue weighted by atomic mass is 16.6. The van der Waals surface area contributed by atoms with E-state index in [4.69, 9.17) is 4.74 Å². The molecule has 1 saturated carbocycles. The SMILES string of the molecule is CCC(CC(C)(C)C)C(=O)OC1(C(C)(C)C)CC(C)CC1C. The third-order valence-corrected chi connectivity index (χ3v) is 5.44. The monoisotopic (exact) mass is 310 g/mol. The molecule has 0 bridgehead atoms. The van der Waals surface area contributed by atoms with E-state index in [2.05, 4.69) is 62.3 Å². The Morgan fingerprint density at radius 3 is 2.05 bits per heavy atom. The average molecular weight is 311 g/mol. The summed E-state index contributed by atoms with van der Waals surface area (Å²) in [4.78, 5) is 12.9. The smallest absolute Gasteiger partial charge is 0.309 e. The van der Waals surface area contributed by atoms with Gasteiger partial charge in [-0.1, -0.05) is 62.3 Å². The first kappa shape index (κ1) is 19.5. The fourth-order valence-electron chi connectivity index (χ4n) is 4.33. The van der Waals surface area contributed by atoms with Crippen molar-refractivity contribution >= 4 is 5.97 Å². The summed E-state index contributed by atoms with van der Waals surface area (Å²) in [6.07, 6.45) is 3.91. The predicted octanol–water partition coefficient (Wildman–Crippen LogP) is 5.84. The zero-order valence-electron chi connectivity index (χ0n) is 16.4. The van der Waals surface area contributed by atoms with Crippen LogP contribution in [0.1, 0.15) is 88.0 Å². The predicted molar refractivity (Wildman–Crippen MR) is 93.7 cm³/mol. The van der Waals surface area contributed by atoms with Crippen molar-refractivity contribution in [3.8, 4) is 0 Å². The second kappa shape index (κ2) is 6.53. The van der Waals surface area contributed by atoms with Crippen LogP contribution in [-0.2, 0) is 9.53 Å². The molecule has 0 aromatic heterocycles. The summed E-state index contributed by atoms with van der Waals surface area (Å²) in [6.45, 7) is 19.9. The summed E-state index contributed by atoms with van der Waals surface area (Å²) in [6, 6.07) is 0. The Labute approximate surface area is 138 Å². The van der Waals surface area contributed by atoms with Crippen molar-refractivity contribution in [1.82, 2.24) is 0 Å². The Hall–Kier alpha value is -0.530. The van der Waals surface area contributed by atoms with Crippen LogP contribution in [0.2, 0.25) is 0 Å². The van der Waals surface area contributed by atoms with Gasteiger partial charge in [0.15, 0.2) is 0 Å². The summed E-state index contributed by atoms with van der Waals surface area (Å²) in [5.74, 6) is 1.10. The van der Waals surface area contributed by atoms with Gasteiger partial charge in [-0.3, -0.25) is 4.79 Å². The van der Waals surface area contributed by atoms with Crippen LogP contribution >= 0.6 is 0 Å². The van der Waals surface area contributed by atoms with Crippen molar-refractivity contribution < 1.29 is 9.53 Å². The van der Waals surface area contributed by atoms with Gasteiger partial charge in [0.05, 0.1) is 5.92 Å². The molecule has 0 aromatic carbocycles. The number of hydrogen-bond donors (Lipinski definition) is 0. The Kier molecular flexibility index (Phi) is 5.79. The molecule has 2 nitrogen and oxygen atoms in total. The van der Waals surface area contributed by atoms with Crippen LogP contribution in [0.25, 0.3) is 0 Å². The Balaban J connectivity index is 2.98. The highest BCUT2D eigenvalue weighted by Gasteiger charge is 2.54. The third-order valence-electron chi connectivity index (χ3n) is 5.44. The van der Waals surface area contributed by atoms with Crippen molar-refractivity contribution in [1.29, 1.82) is 0 Å². The molecule has 1 rings (SSSR count). The Morgan fingerprint density at radius 1 is 1.18 bits per heavy atom. The second-order valence-electron chi connectivity index (χ2n) is 9.88. The molecular formula is C20H38O2. The first-order valence-electron chi connectivity index (χ1n) is 9.05. The zero-order chi connectivity index (χ0) is 17.3. The molecule has 2 heteroatoms. The molecule has 22 heavy (non-hydrogen) atoms. The van der Waals surface area contributed by atoms with Crippen molar-refractivity contribution in [3.05, 3.63) is 0 Å². The van der Waals surface area contributed by atoms with E-state index in [-0.39, 0.29) is 28.3 Å². The molecule has 0 spiro atoms. The topological polar surface area (TPSA) is 26.3 Å². The summed E-state index contributed by atoms with van der Waals surface area (Å²) in [5, 5.41) is 0. The zero-order valence-corrected chi connectivity index (χ0v) is 16.4. The Bertz CT molecular complexity index is 385. The fourth-order valence-corrected chi connectivity index (χ4v) is 4.33. The third kappa shape index (κ3) is 4.26. The molecule has 0 N–H and O–H groups in total. The number of carbonyl (C=O) groups excluding carboxylic acids is 1. The van der Waals surface area contributed by atoms with E-state index in [9.17, 15) is 4.79 Å². The van der Waals surface area contributed by atoms with Gasteiger partial charge in [-0.15, -0.1) is 0 Å². The summed E-state index contributed by atoms with van der Waals surface area (Å²) >= 11 is 0. The van der Waals surface area contributed by atoms with Gasteiger partial charge < -0.3 is 4.74 Å². The number of hydrogen-bond acceptors (Lipinski definition) is 2. The minimum Gasteiger partial charge on any atom is -0.458 e. The van der Waals surface area contributed by atoms with Crippen LogP contribution in [0.5, 0.6) is 0 Å². The van der Waals surface area contributed by atoms with Gasteiger partial charge in [0.2, 0.25) is 0 Å². The molecule has 130 valence electrons. The maximum atomic E-state index is 12.9. The molecule has 0 aromatic rings. The quantitative estimate of drug-likeness (QED) is 0.609. The van der Waals surface area contributed by atoms with Gasteiger partial charge in [0.1, 0.15) is 5.60 Å². The van der Waals surface area contributed by atoms with E-state index in [0.29, 0.717) is 11.8 Å². The van der Waals surface area contributed by atoms with E-state index >= 15 is 0 Å². The first-order valence-corrected chi connectivity index (χ1v) is 9.05. The van der Waals surface area contributed by atoms with Crippen molar-refractivity contribution in [2.24, 2.45) is 28.6 Å². The van der Waals surface area contributed by atoms with E-state index in [0.717, 1.165) is 25.7 Å². The molecular weight excluding hydrogens is 272 g/mol. The van der Waals surface area contributed by atoms with Gasteiger partial charge >= 0.3 is 5.97 Å². The van der Waals surface area contributed by atoms with E-state index in [1.54, 1.807) is 0 Å². The number of rotatable bonds is 4. The first-order chi connectivity index (χ1) is 9.82. The lowest BCUT2D eigenvalue weighted by atomic mass is 9.70. The maximum Gasteiger partial charge on any atom is 0.309 e. The molecule has 0 heterocycles. The number of ether oxygens (including phenoxy) is 1. The van der Waals surface area contributed by atoms with Gasteiger partial charge in [0, 0.05) is 5.41 Å². The summed E-state index contributed by atoms with van der Waals surface area (Å²) < 4.78 is 6.31. The molecule has 0 saturated heterocycles. The van der Waals surface area contributed by atoms with Crippen LogP contribution < -0.4 is 0 Å². The standard InChI is InChI=1S/C20H38O2/c1-10-16(13-18(4,5)6)17(21)22-20(19(7,8)9)12-14(2)11-15(20)3/h14-16H,10-13H2,1-9H3. The molecule has 0 amide bonds. The van der Waals surface area contributed by atoms with E-state index < -0.39 is 0 Å². The maximum absolute atomic E-state index is 12.9. The van der Waals surface area contributed by atoms with Gasteiger partial charge in [-0.05, 0) is 42.9 Å². The molecule has 1 aliphatic rings. The minimum atomic E-state index is -0.311. The molecule has 1 fully saturated rings. The molecule has 0 radical (unpaired) electrons. The highest BCUT2D eigenvalue weighted by Crippen LogP contribution is 2.52. The van der Waals surface area contributed by atoms with Gasteiger partial charge in [-0.2, -0.15) is 0 Å². The molecule has 4 unspecified atom stereocenters. The Morgan fingerprint density at radius 2 is 1.73 bits per heavy atom. The average Bonchev–Trinajstić information content (AvgIpc) is 2.60. The van der Waals surface area contributed by atoms with Crippen molar-refractivity contribution in [3.63, 3.8) is 0 Å². The largest absolute Gasteiger partial charge is 0.458 e. The van der Waals surface area contributed by atoms with Gasteiger partial charge in [-0.25, -0.2) is 0 Å². The fraction of sp³-hybridized carbons (Fsp3) is 0.950. The normalized spacial score (nSPS) is 31.1. The second-order valence-corrected chi connectivity index (χ2v) is 9.88. The molecule has 1 aliphatic carbocycles. The van der Waals surface area contributed by atoms with Crippen LogP contribution in [0.3, 0.4) is 0 Å². The van der Waals surface area contributed by atoms with E-state index in [1.165, 1.54) is 0 Å². The van der Waals surface area contributed by atoms with Crippen LogP contribution in [0.4, 0.5) is 0 Å². The van der Waals surface area contributed by atoms with Crippen LogP contribution in [0, 0.1) is 28.6 Å². The highest BCUT2D eigenvalue weighted by molar-refractivity contribution is 5.73. The molecule has 0 aliphatic heterocycles.